The Hall–Kier alpha value is -2.54. The molecule has 124 valence electrons. The second-order valence-electron chi connectivity index (χ2n) is 6.05. The molecule has 1 aliphatic heterocycles. The molecular weight excluding hydrogens is 311 g/mol. The van der Waals surface area contributed by atoms with Crippen LogP contribution in [0.4, 0.5) is 10.2 Å². The number of anilines is 1. The van der Waals surface area contributed by atoms with Gasteiger partial charge in [0.05, 0.1) is 6.61 Å². The number of benzene rings is 1. The van der Waals surface area contributed by atoms with Gasteiger partial charge in [-0.15, -0.1) is 0 Å². The molecule has 2 aromatic heterocycles. The maximum atomic E-state index is 13.2. The van der Waals surface area contributed by atoms with E-state index in [-0.39, 0.29) is 11.2 Å². The Kier molecular flexibility index (Phi) is 3.65. The number of ether oxygens (including phenoxy) is 1. The van der Waals surface area contributed by atoms with Gasteiger partial charge in [-0.25, -0.2) is 14.4 Å². The zero-order valence-electron chi connectivity index (χ0n) is 13.3. The lowest BCUT2D eigenvalue weighted by Crippen LogP contribution is -2.35. The molecule has 0 unspecified atom stereocenters. The van der Waals surface area contributed by atoms with Gasteiger partial charge < -0.3 is 14.5 Å². The van der Waals surface area contributed by atoms with Gasteiger partial charge in [-0.05, 0) is 24.1 Å². The summed E-state index contributed by atoms with van der Waals surface area (Å²) in [5.74, 6) is 0.938. The summed E-state index contributed by atoms with van der Waals surface area (Å²) in [6, 6.07) is 6.61. The topological polar surface area (TPSA) is 73.1 Å². The maximum Gasteiger partial charge on any atom is 0.252 e. The molecule has 0 bridgehead atoms. The van der Waals surface area contributed by atoms with Crippen LogP contribution in [0.15, 0.2) is 35.0 Å². The third-order valence-electron chi connectivity index (χ3n) is 4.46. The van der Waals surface area contributed by atoms with Gasteiger partial charge in [-0.2, -0.15) is 4.98 Å². The van der Waals surface area contributed by atoms with Crippen LogP contribution in [-0.2, 0) is 10.2 Å². The molecule has 1 N–H and O–H groups in total. The van der Waals surface area contributed by atoms with Crippen molar-refractivity contribution in [1.29, 1.82) is 0 Å². The maximum absolute atomic E-state index is 13.2. The van der Waals surface area contributed by atoms with Gasteiger partial charge in [0.1, 0.15) is 12.1 Å². The molecule has 6 nitrogen and oxygen atoms in total. The van der Waals surface area contributed by atoms with E-state index in [1.165, 1.54) is 18.5 Å². The van der Waals surface area contributed by atoms with Crippen molar-refractivity contribution in [2.45, 2.75) is 18.8 Å². The van der Waals surface area contributed by atoms with E-state index in [2.05, 4.69) is 20.3 Å². The minimum Gasteiger partial charge on any atom is -0.422 e. The number of oxazole rings is 1. The largest absolute Gasteiger partial charge is 0.422 e. The van der Waals surface area contributed by atoms with Crippen LogP contribution in [0.3, 0.4) is 0 Å². The molecule has 0 radical (unpaired) electrons. The Balaban J connectivity index is 1.63. The summed E-state index contributed by atoms with van der Waals surface area (Å²) in [5, 5.41) is 3.35. The first-order chi connectivity index (χ1) is 11.7. The predicted octanol–water partition coefficient (Wildman–Crippen LogP) is 2.84. The number of fused-ring (bicyclic) bond motifs is 1. The lowest BCUT2D eigenvalue weighted by atomic mass is 9.79. The van der Waals surface area contributed by atoms with Gasteiger partial charge >= 0.3 is 0 Å². The molecule has 7 heteroatoms. The van der Waals surface area contributed by atoms with Gasteiger partial charge in [0, 0.05) is 25.5 Å². The van der Waals surface area contributed by atoms with Crippen molar-refractivity contribution in [3.05, 3.63) is 47.9 Å². The van der Waals surface area contributed by atoms with Gasteiger partial charge in [0.15, 0.2) is 17.2 Å². The summed E-state index contributed by atoms with van der Waals surface area (Å²) in [6.07, 6.45) is 2.31. The highest BCUT2D eigenvalue weighted by Crippen LogP contribution is 2.34. The monoisotopic (exact) mass is 328 g/mol. The molecule has 3 heterocycles. The number of nitrogens with one attached hydrogen (secondary N) is 1. The van der Waals surface area contributed by atoms with Crippen molar-refractivity contribution < 1.29 is 13.5 Å². The van der Waals surface area contributed by atoms with Gasteiger partial charge in [-0.1, -0.05) is 12.1 Å². The molecule has 4 rings (SSSR count). The first-order valence-corrected chi connectivity index (χ1v) is 7.82. The van der Waals surface area contributed by atoms with Crippen molar-refractivity contribution in [2.24, 2.45) is 0 Å². The summed E-state index contributed by atoms with van der Waals surface area (Å²) >= 11 is 0. The summed E-state index contributed by atoms with van der Waals surface area (Å²) < 4.78 is 24.3. The normalized spacial score (nSPS) is 20.6. The number of nitrogens with zero attached hydrogens (tertiary/aromatic N) is 3. The number of hydrogen-bond acceptors (Lipinski definition) is 6. The highest BCUT2D eigenvalue weighted by molar-refractivity contribution is 5.80. The van der Waals surface area contributed by atoms with Gasteiger partial charge in [0.2, 0.25) is 0 Å². The van der Waals surface area contributed by atoms with Crippen molar-refractivity contribution >= 4 is 17.0 Å². The van der Waals surface area contributed by atoms with Crippen molar-refractivity contribution in [3.63, 3.8) is 0 Å². The third-order valence-corrected chi connectivity index (χ3v) is 4.46. The molecule has 0 spiro atoms. The Morgan fingerprint density at radius 1 is 1.25 bits per heavy atom. The number of aromatic nitrogens is 3. The Bertz CT molecular complexity index is 857. The first kappa shape index (κ1) is 15.0. The van der Waals surface area contributed by atoms with Crippen LogP contribution in [0.2, 0.25) is 0 Å². The van der Waals surface area contributed by atoms with Crippen LogP contribution in [0, 0.1) is 12.7 Å². The standard InChI is InChI=1S/C17H17FN4O2/c1-11-22-14-15(20-10-21-16(14)24-11)19-8-17(6-7-23-9-17)12-2-4-13(18)5-3-12/h2-5,10H,6-9H2,1H3,(H,19,20,21)/t17-/m0/s1. The minimum absolute atomic E-state index is 0.218. The van der Waals surface area contributed by atoms with Crippen LogP contribution in [0.25, 0.3) is 11.2 Å². The highest BCUT2D eigenvalue weighted by Gasteiger charge is 2.37. The van der Waals surface area contributed by atoms with E-state index in [0.29, 0.717) is 42.7 Å². The minimum atomic E-state index is -0.239. The van der Waals surface area contributed by atoms with Gasteiger partial charge in [-0.3, -0.25) is 0 Å². The fraction of sp³-hybridized carbons (Fsp3) is 0.353. The fourth-order valence-corrected chi connectivity index (χ4v) is 3.12. The average Bonchev–Trinajstić information content (AvgIpc) is 3.20. The molecule has 24 heavy (non-hydrogen) atoms. The van der Waals surface area contributed by atoms with Crippen LogP contribution in [-0.4, -0.2) is 34.7 Å². The van der Waals surface area contributed by atoms with E-state index in [1.807, 2.05) is 12.1 Å². The number of hydrogen-bond donors (Lipinski definition) is 1. The molecular formula is C17H17FN4O2. The molecule has 1 aromatic carbocycles. The zero-order valence-corrected chi connectivity index (χ0v) is 13.3. The smallest absolute Gasteiger partial charge is 0.252 e. The van der Waals surface area contributed by atoms with E-state index in [9.17, 15) is 4.39 Å². The lowest BCUT2D eigenvalue weighted by molar-refractivity contribution is 0.179. The number of halogens is 1. The lowest BCUT2D eigenvalue weighted by Gasteiger charge is -2.28. The van der Waals surface area contributed by atoms with Crippen LogP contribution >= 0.6 is 0 Å². The van der Waals surface area contributed by atoms with Crippen LogP contribution in [0.1, 0.15) is 17.9 Å². The SMILES string of the molecule is Cc1nc2c(NC[C@@]3(c4ccc(F)cc4)CCOC3)ncnc2o1. The number of aryl methyl sites for hydroxylation is 1. The second-order valence-corrected chi connectivity index (χ2v) is 6.05. The summed E-state index contributed by atoms with van der Waals surface area (Å²) in [6.45, 7) is 3.64. The van der Waals surface area contributed by atoms with Crippen molar-refractivity contribution in [2.75, 3.05) is 25.1 Å². The summed E-state index contributed by atoms with van der Waals surface area (Å²) in [7, 11) is 0. The van der Waals surface area contributed by atoms with E-state index in [1.54, 1.807) is 6.92 Å². The van der Waals surface area contributed by atoms with Crippen LogP contribution in [0.5, 0.6) is 0 Å². The molecule has 0 amide bonds. The second kappa shape index (κ2) is 5.83. The Morgan fingerprint density at radius 3 is 2.83 bits per heavy atom. The molecule has 3 aromatic rings. The quantitative estimate of drug-likeness (QED) is 0.794. The van der Waals surface area contributed by atoms with E-state index in [4.69, 9.17) is 9.15 Å². The Labute approximate surface area is 138 Å². The molecule has 1 atom stereocenters. The Morgan fingerprint density at radius 2 is 2.08 bits per heavy atom. The van der Waals surface area contributed by atoms with Crippen molar-refractivity contribution in [1.82, 2.24) is 15.0 Å². The predicted molar refractivity (Wildman–Crippen MR) is 86.3 cm³/mol. The highest BCUT2D eigenvalue weighted by atomic mass is 19.1. The van der Waals surface area contributed by atoms with E-state index < -0.39 is 0 Å². The fourth-order valence-electron chi connectivity index (χ4n) is 3.12. The molecule has 0 saturated carbocycles. The molecule has 1 fully saturated rings. The van der Waals surface area contributed by atoms with Crippen LogP contribution < -0.4 is 5.32 Å². The number of rotatable bonds is 4. The van der Waals surface area contributed by atoms with Gasteiger partial charge in [0.25, 0.3) is 5.71 Å². The van der Waals surface area contributed by atoms with E-state index in [0.717, 1.165) is 12.0 Å². The van der Waals surface area contributed by atoms with E-state index >= 15 is 0 Å². The summed E-state index contributed by atoms with van der Waals surface area (Å²) in [4.78, 5) is 12.7. The summed E-state index contributed by atoms with van der Waals surface area (Å²) in [5.41, 5.74) is 1.91. The molecule has 1 aliphatic rings. The average molecular weight is 328 g/mol. The molecule has 1 saturated heterocycles. The zero-order chi connectivity index (χ0) is 16.6. The molecule has 0 aliphatic carbocycles. The third kappa shape index (κ3) is 2.60. The first-order valence-electron chi connectivity index (χ1n) is 7.82. The van der Waals surface area contributed by atoms with Crippen molar-refractivity contribution in [3.8, 4) is 0 Å².